The number of rotatable bonds is 1. The van der Waals surface area contributed by atoms with Crippen molar-refractivity contribution in [3.63, 3.8) is 0 Å². The minimum absolute atomic E-state index is 0.0641. The number of benzene rings is 2. The van der Waals surface area contributed by atoms with Crippen LogP contribution in [0.25, 0.3) is 0 Å². The first-order valence-electron chi connectivity index (χ1n) is 7.62. The number of hydrogen-bond acceptors (Lipinski definition) is 3. The summed E-state index contributed by atoms with van der Waals surface area (Å²) in [6.07, 6.45) is 0.767. The molecule has 1 atom stereocenters. The molecular weight excluding hydrogens is 297 g/mol. The van der Waals surface area contributed by atoms with E-state index in [1.54, 1.807) is 0 Å². The topological polar surface area (TPSA) is 38.8 Å². The number of ether oxygens (including phenoxy) is 2. The lowest BCUT2D eigenvalue weighted by Crippen LogP contribution is -2.38. The molecule has 0 N–H and O–H groups in total. The fraction of sp³-hybridized carbons (Fsp3) is 0.278. The van der Waals surface area contributed by atoms with E-state index in [-0.39, 0.29) is 24.6 Å². The van der Waals surface area contributed by atoms with E-state index in [4.69, 9.17) is 9.47 Å². The highest BCUT2D eigenvalue weighted by Crippen LogP contribution is 2.40. The second-order valence-electron chi connectivity index (χ2n) is 5.84. The molecule has 1 unspecified atom stereocenters. The van der Waals surface area contributed by atoms with Crippen LogP contribution < -0.4 is 9.47 Å². The molecule has 4 rings (SSSR count). The Hall–Kier alpha value is -2.56. The maximum Gasteiger partial charge on any atom is 0.254 e. The number of halogens is 1. The van der Waals surface area contributed by atoms with Crippen molar-refractivity contribution < 1.29 is 18.7 Å². The Labute approximate surface area is 133 Å². The van der Waals surface area contributed by atoms with Gasteiger partial charge < -0.3 is 14.4 Å². The van der Waals surface area contributed by atoms with Crippen LogP contribution >= 0.6 is 0 Å². The number of amides is 1. The molecule has 0 saturated carbocycles. The first-order chi connectivity index (χ1) is 11.1. The van der Waals surface area contributed by atoms with Crippen LogP contribution in [0.2, 0.25) is 0 Å². The van der Waals surface area contributed by atoms with Crippen molar-refractivity contribution >= 4 is 5.91 Å². The molecule has 0 fully saturated rings. The Morgan fingerprint density at radius 1 is 1.17 bits per heavy atom. The summed E-state index contributed by atoms with van der Waals surface area (Å²) in [5, 5.41) is 0. The first-order valence-corrected chi connectivity index (χ1v) is 7.62. The Morgan fingerprint density at radius 2 is 1.87 bits per heavy atom. The molecule has 2 aliphatic heterocycles. The molecule has 118 valence electrons. The molecule has 2 aliphatic rings. The predicted molar refractivity (Wildman–Crippen MR) is 82.1 cm³/mol. The van der Waals surface area contributed by atoms with Gasteiger partial charge in [0.15, 0.2) is 11.5 Å². The molecule has 2 aromatic carbocycles. The SMILES string of the molecule is CC1c2cc3c(cc2CCN1C(=O)c1ccc(F)cc1)OCO3. The predicted octanol–water partition coefficient (Wildman–Crippen LogP) is 3.31. The van der Waals surface area contributed by atoms with Gasteiger partial charge in [0.25, 0.3) is 5.91 Å². The van der Waals surface area contributed by atoms with Gasteiger partial charge in [-0.1, -0.05) is 0 Å². The summed E-state index contributed by atoms with van der Waals surface area (Å²) in [4.78, 5) is 14.5. The molecule has 23 heavy (non-hydrogen) atoms. The Kier molecular flexibility index (Phi) is 3.22. The van der Waals surface area contributed by atoms with Crippen molar-refractivity contribution in [2.75, 3.05) is 13.3 Å². The fourth-order valence-electron chi connectivity index (χ4n) is 3.24. The quantitative estimate of drug-likeness (QED) is 0.811. The summed E-state index contributed by atoms with van der Waals surface area (Å²) < 4.78 is 23.9. The summed E-state index contributed by atoms with van der Waals surface area (Å²) in [6, 6.07) is 9.59. The summed E-state index contributed by atoms with van der Waals surface area (Å²) in [5.74, 6) is 1.08. The van der Waals surface area contributed by atoms with E-state index in [1.165, 1.54) is 29.8 Å². The molecule has 0 saturated heterocycles. The highest BCUT2D eigenvalue weighted by molar-refractivity contribution is 5.94. The molecule has 2 aromatic rings. The van der Waals surface area contributed by atoms with E-state index >= 15 is 0 Å². The van der Waals surface area contributed by atoms with Crippen LogP contribution in [0.3, 0.4) is 0 Å². The zero-order chi connectivity index (χ0) is 16.0. The zero-order valence-electron chi connectivity index (χ0n) is 12.7. The van der Waals surface area contributed by atoms with Gasteiger partial charge in [0.2, 0.25) is 6.79 Å². The molecule has 1 amide bonds. The third-order valence-electron chi connectivity index (χ3n) is 4.53. The lowest BCUT2D eigenvalue weighted by Gasteiger charge is -2.35. The Balaban J connectivity index is 1.65. The van der Waals surface area contributed by atoms with Gasteiger partial charge in [-0.2, -0.15) is 0 Å². The van der Waals surface area contributed by atoms with Crippen molar-refractivity contribution in [1.82, 2.24) is 4.90 Å². The average Bonchev–Trinajstić information content (AvgIpc) is 3.01. The van der Waals surface area contributed by atoms with Crippen LogP contribution in [0.1, 0.15) is 34.5 Å². The number of carbonyl (C=O) groups is 1. The molecule has 0 radical (unpaired) electrons. The molecule has 0 aromatic heterocycles. The minimum atomic E-state index is -0.341. The van der Waals surface area contributed by atoms with E-state index in [0.717, 1.165) is 23.5 Å². The molecular formula is C18H16FNO3. The van der Waals surface area contributed by atoms with Gasteiger partial charge in [-0.25, -0.2) is 4.39 Å². The largest absolute Gasteiger partial charge is 0.454 e. The third kappa shape index (κ3) is 2.32. The van der Waals surface area contributed by atoms with E-state index in [1.807, 2.05) is 24.0 Å². The second kappa shape index (κ2) is 5.26. The normalized spacial score (nSPS) is 18.7. The summed E-state index contributed by atoms with van der Waals surface area (Å²) in [7, 11) is 0. The molecule has 5 heteroatoms. The molecule has 0 spiro atoms. The lowest BCUT2D eigenvalue weighted by molar-refractivity contribution is 0.0677. The first kappa shape index (κ1) is 14.1. The van der Waals surface area contributed by atoms with Gasteiger partial charge in [0, 0.05) is 12.1 Å². The number of fused-ring (bicyclic) bond motifs is 2. The smallest absolute Gasteiger partial charge is 0.254 e. The van der Waals surface area contributed by atoms with Crippen molar-refractivity contribution in [1.29, 1.82) is 0 Å². The van der Waals surface area contributed by atoms with Gasteiger partial charge in [-0.05, 0) is 60.9 Å². The van der Waals surface area contributed by atoms with Crippen LogP contribution in [-0.2, 0) is 6.42 Å². The summed E-state index contributed by atoms with van der Waals surface area (Å²) >= 11 is 0. The highest BCUT2D eigenvalue weighted by atomic mass is 19.1. The maximum atomic E-state index is 13.0. The van der Waals surface area contributed by atoms with Gasteiger partial charge in [0.05, 0.1) is 6.04 Å². The van der Waals surface area contributed by atoms with Crippen LogP contribution in [0.4, 0.5) is 4.39 Å². The standard InChI is InChI=1S/C18H16FNO3/c1-11-15-9-17-16(22-10-23-17)8-13(15)6-7-20(11)18(21)12-2-4-14(19)5-3-12/h2-5,8-9,11H,6-7,10H2,1H3. The second-order valence-corrected chi connectivity index (χ2v) is 5.84. The monoisotopic (exact) mass is 313 g/mol. The summed E-state index contributed by atoms with van der Waals surface area (Å²) in [6.45, 7) is 2.87. The fourth-order valence-corrected chi connectivity index (χ4v) is 3.24. The van der Waals surface area contributed by atoms with Crippen LogP contribution in [0, 0.1) is 5.82 Å². The molecule has 2 heterocycles. The Morgan fingerprint density at radius 3 is 2.61 bits per heavy atom. The number of hydrogen-bond donors (Lipinski definition) is 0. The van der Waals surface area contributed by atoms with Crippen molar-refractivity contribution in [2.45, 2.75) is 19.4 Å². The van der Waals surface area contributed by atoms with Gasteiger partial charge >= 0.3 is 0 Å². The van der Waals surface area contributed by atoms with Crippen molar-refractivity contribution in [2.24, 2.45) is 0 Å². The summed E-state index contributed by atoms with van der Waals surface area (Å²) in [5.41, 5.74) is 2.77. The zero-order valence-corrected chi connectivity index (χ0v) is 12.7. The van der Waals surface area contributed by atoms with E-state index in [9.17, 15) is 9.18 Å². The van der Waals surface area contributed by atoms with Crippen LogP contribution in [-0.4, -0.2) is 24.1 Å². The third-order valence-corrected chi connectivity index (χ3v) is 4.53. The van der Waals surface area contributed by atoms with E-state index < -0.39 is 0 Å². The van der Waals surface area contributed by atoms with Crippen LogP contribution in [0.5, 0.6) is 11.5 Å². The molecule has 0 bridgehead atoms. The molecule has 0 aliphatic carbocycles. The van der Waals surface area contributed by atoms with Gasteiger partial charge in [-0.3, -0.25) is 4.79 Å². The number of nitrogens with zero attached hydrogens (tertiary/aromatic N) is 1. The molecule has 4 nitrogen and oxygen atoms in total. The van der Waals surface area contributed by atoms with Crippen molar-refractivity contribution in [3.05, 3.63) is 58.9 Å². The Bertz CT molecular complexity index is 773. The van der Waals surface area contributed by atoms with Crippen LogP contribution in [0.15, 0.2) is 36.4 Å². The maximum absolute atomic E-state index is 13.0. The minimum Gasteiger partial charge on any atom is -0.454 e. The van der Waals surface area contributed by atoms with E-state index in [2.05, 4.69) is 0 Å². The van der Waals surface area contributed by atoms with Crippen molar-refractivity contribution in [3.8, 4) is 11.5 Å². The lowest BCUT2D eigenvalue weighted by atomic mass is 9.92. The highest BCUT2D eigenvalue weighted by Gasteiger charge is 2.30. The van der Waals surface area contributed by atoms with Gasteiger partial charge in [0.1, 0.15) is 5.82 Å². The van der Waals surface area contributed by atoms with E-state index in [0.29, 0.717) is 12.1 Å². The van der Waals surface area contributed by atoms with Gasteiger partial charge in [-0.15, -0.1) is 0 Å². The average molecular weight is 313 g/mol. The number of carbonyl (C=O) groups excluding carboxylic acids is 1.